The van der Waals surface area contributed by atoms with Crippen molar-refractivity contribution in [3.8, 4) is 11.3 Å². The lowest BCUT2D eigenvalue weighted by Gasteiger charge is -2.17. The summed E-state index contributed by atoms with van der Waals surface area (Å²) in [5.41, 5.74) is 4.92. The number of amides is 2. The molecule has 8 heteroatoms. The third-order valence-electron chi connectivity index (χ3n) is 4.98. The number of aromatic nitrogens is 1. The quantitative estimate of drug-likeness (QED) is 0.569. The molecular weight excluding hydrogens is 414 g/mol. The second kappa shape index (κ2) is 9.09. The number of rotatable bonds is 6. The molecule has 0 atom stereocenters. The maximum atomic E-state index is 12.3. The zero-order valence-corrected chi connectivity index (χ0v) is 17.8. The van der Waals surface area contributed by atoms with Gasteiger partial charge in [-0.25, -0.2) is 9.78 Å². The lowest BCUT2D eigenvalue weighted by atomic mass is 10.0. The Bertz CT molecular complexity index is 1140. The number of fused-ring (bicyclic) bond motifs is 1. The molecule has 31 heavy (non-hydrogen) atoms. The van der Waals surface area contributed by atoms with E-state index in [2.05, 4.69) is 34.7 Å². The van der Waals surface area contributed by atoms with Crippen LogP contribution in [0.5, 0.6) is 0 Å². The summed E-state index contributed by atoms with van der Waals surface area (Å²) in [6, 6.07) is 13.1. The van der Waals surface area contributed by atoms with Crippen molar-refractivity contribution in [1.29, 1.82) is 0 Å². The number of ether oxygens (including phenoxy) is 1. The molecule has 0 aliphatic carbocycles. The first-order valence-electron chi connectivity index (χ1n) is 9.96. The Morgan fingerprint density at radius 2 is 1.97 bits per heavy atom. The number of benzene rings is 2. The maximum absolute atomic E-state index is 12.3. The average molecular weight is 436 g/mol. The van der Waals surface area contributed by atoms with Gasteiger partial charge in [0.2, 0.25) is 5.91 Å². The number of nitrogens with one attached hydrogen (secondary N) is 2. The van der Waals surface area contributed by atoms with Gasteiger partial charge in [-0.1, -0.05) is 31.2 Å². The standard InChI is InChI=1S/C23H21N3O4S/c1-2-14-3-5-15(6-4-14)19-13-31-23(25-19)26-21(28)12-30-22(29)17-7-9-18-16(11-17)8-10-20(27)24-18/h3-7,9,11,13H,2,8,10,12H2,1H3,(H,24,27)(H,25,26,28). The molecule has 0 spiro atoms. The smallest absolute Gasteiger partial charge is 0.338 e. The Morgan fingerprint density at radius 1 is 1.16 bits per heavy atom. The van der Waals surface area contributed by atoms with Crippen LogP contribution in [0.2, 0.25) is 0 Å². The molecule has 1 aliphatic rings. The minimum atomic E-state index is -0.592. The fourth-order valence-electron chi connectivity index (χ4n) is 3.26. The van der Waals surface area contributed by atoms with Crippen molar-refractivity contribution in [1.82, 2.24) is 4.98 Å². The summed E-state index contributed by atoms with van der Waals surface area (Å²) in [4.78, 5) is 40.3. The van der Waals surface area contributed by atoms with Crippen LogP contribution in [0.1, 0.15) is 34.8 Å². The summed E-state index contributed by atoms with van der Waals surface area (Å²) in [7, 11) is 0. The number of esters is 1. The Kier molecular flexibility index (Phi) is 6.08. The monoisotopic (exact) mass is 435 g/mol. The lowest BCUT2D eigenvalue weighted by molar-refractivity contribution is -0.119. The summed E-state index contributed by atoms with van der Waals surface area (Å²) >= 11 is 1.31. The molecule has 158 valence electrons. The van der Waals surface area contributed by atoms with E-state index in [0.717, 1.165) is 23.2 Å². The summed E-state index contributed by atoms with van der Waals surface area (Å²) in [6.45, 7) is 1.69. The fraction of sp³-hybridized carbons (Fsp3) is 0.217. The highest BCUT2D eigenvalue weighted by molar-refractivity contribution is 7.14. The van der Waals surface area contributed by atoms with E-state index in [4.69, 9.17) is 4.74 Å². The summed E-state index contributed by atoms with van der Waals surface area (Å²) in [6.07, 6.45) is 1.92. The van der Waals surface area contributed by atoms with Gasteiger partial charge in [0.05, 0.1) is 11.3 Å². The molecule has 0 saturated carbocycles. The number of hydrogen-bond donors (Lipinski definition) is 2. The van der Waals surface area contributed by atoms with Crippen molar-refractivity contribution in [3.05, 3.63) is 64.5 Å². The number of aryl methyl sites for hydroxylation is 2. The Morgan fingerprint density at radius 3 is 2.74 bits per heavy atom. The molecule has 0 saturated heterocycles. The van der Waals surface area contributed by atoms with E-state index in [-0.39, 0.29) is 5.91 Å². The largest absolute Gasteiger partial charge is 0.452 e. The van der Waals surface area contributed by atoms with Gasteiger partial charge in [-0.3, -0.25) is 14.9 Å². The number of carbonyl (C=O) groups is 3. The zero-order valence-electron chi connectivity index (χ0n) is 16.9. The molecule has 7 nitrogen and oxygen atoms in total. The number of anilines is 2. The van der Waals surface area contributed by atoms with Crippen molar-refractivity contribution in [3.63, 3.8) is 0 Å². The summed E-state index contributed by atoms with van der Waals surface area (Å²) < 4.78 is 5.13. The van der Waals surface area contributed by atoms with Crippen molar-refractivity contribution in [2.75, 3.05) is 17.2 Å². The molecule has 0 fully saturated rings. The van der Waals surface area contributed by atoms with Gasteiger partial charge in [-0.05, 0) is 42.2 Å². The topological polar surface area (TPSA) is 97.4 Å². The maximum Gasteiger partial charge on any atom is 0.338 e. The van der Waals surface area contributed by atoms with Crippen molar-refractivity contribution < 1.29 is 19.1 Å². The van der Waals surface area contributed by atoms with Crippen molar-refractivity contribution in [2.45, 2.75) is 26.2 Å². The van der Waals surface area contributed by atoms with E-state index in [0.29, 0.717) is 29.2 Å². The van der Waals surface area contributed by atoms with Gasteiger partial charge in [-0.2, -0.15) is 0 Å². The molecule has 0 unspecified atom stereocenters. The van der Waals surface area contributed by atoms with Gasteiger partial charge < -0.3 is 10.1 Å². The lowest BCUT2D eigenvalue weighted by Crippen LogP contribution is -2.22. The molecule has 0 radical (unpaired) electrons. The Balaban J connectivity index is 1.32. The second-order valence-corrected chi connectivity index (χ2v) is 7.99. The minimum Gasteiger partial charge on any atom is -0.452 e. The Hall–Kier alpha value is -3.52. The van der Waals surface area contributed by atoms with Crippen LogP contribution in [-0.2, 0) is 27.2 Å². The van der Waals surface area contributed by atoms with E-state index < -0.39 is 18.5 Å². The first-order valence-corrected chi connectivity index (χ1v) is 10.8. The van der Waals surface area contributed by atoms with Crippen LogP contribution in [-0.4, -0.2) is 29.4 Å². The highest BCUT2D eigenvalue weighted by atomic mass is 32.1. The Labute approximate surface area is 183 Å². The molecule has 1 aromatic heterocycles. The van der Waals surface area contributed by atoms with E-state index in [1.165, 1.54) is 16.9 Å². The van der Waals surface area contributed by atoms with Gasteiger partial charge in [0.1, 0.15) is 0 Å². The molecule has 2 amide bonds. The predicted octanol–water partition coefficient (Wildman–Crippen LogP) is 4.05. The molecule has 2 heterocycles. The van der Waals surface area contributed by atoms with Crippen LogP contribution in [0, 0.1) is 0 Å². The van der Waals surface area contributed by atoms with E-state index in [9.17, 15) is 14.4 Å². The second-order valence-electron chi connectivity index (χ2n) is 7.13. The minimum absolute atomic E-state index is 0.0391. The number of thiazole rings is 1. The van der Waals surface area contributed by atoms with Crippen molar-refractivity contribution in [2.24, 2.45) is 0 Å². The first kappa shape index (κ1) is 20.7. The van der Waals surface area contributed by atoms with Crippen LogP contribution in [0.15, 0.2) is 47.8 Å². The van der Waals surface area contributed by atoms with Crippen molar-refractivity contribution >= 4 is 39.9 Å². The summed E-state index contributed by atoms with van der Waals surface area (Å²) in [5.74, 6) is -1.09. The molecule has 2 N–H and O–H groups in total. The van der Waals surface area contributed by atoms with E-state index in [1.807, 2.05) is 17.5 Å². The third-order valence-corrected chi connectivity index (χ3v) is 5.74. The number of nitrogens with zero attached hydrogens (tertiary/aromatic N) is 1. The normalized spacial score (nSPS) is 12.6. The van der Waals surface area contributed by atoms with Gasteiger partial charge in [0.15, 0.2) is 11.7 Å². The van der Waals surface area contributed by atoms with Crippen LogP contribution in [0.3, 0.4) is 0 Å². The summed E-state index contributed by atoms with van der Waals surface area (Å²) in [5, 5.41) is 7.74. The van der Waals surface area contributed by atoms with Crippen LogP contribution in [0.25, 0.3) is 11.3 Å². The van der Waals surface area contributed by atoms with Crippen LogP contribution >= 0.6 is 11.3 Å². The third kappa shape index (κ3) is 4.97. The van der Waals surface area contributed by atoms with Gasteiger partial charge in [0, 0.05) is 23.1 Å². The van der Waals surface area contributed by atoms with Gasteiger partial charge in [0.25, 0.3) is 5.91 Å². The van der Waals surface area contributed by atoms with Gasteiger partial charge in [-0.15, -0.1) is 11.3 Å². The molecule has 3 aromatic rings. The van der Waals surface area contributed by atoms with Gasteiger partial charge >= 0.3 is 5.97 Å². The fourth-order valence-corrected chi connectivity index (χ4v) is 3.99. The highest BCUT2D eigenvalue weighted by Crippen LogP contribution is 2.26. The van der Waals surface area contributed by atoms with Crippen LogP contribution in [0.4, 0.5) is 10.8 Å². The first-order chi connectivity index (χ1) is 15.0. The molecule has 2 aromatic carbocycles. The highest BCUT2D eigenvalue weighted by Gasteiger charge is 2.18. The SMILES string of the molecule is CCc1ccc(-c2csc(NC(=O)COC(=O)c3ccc4c(c3)CCC(=O)N4)n2)cc1. The predicted molar refractivity (Wildman–Crippen MR) is 119 cm³/mol. The molecule has 0 bridgehead atoms. The number of carbonyl (C=O) groups excluding carboxylic acids is 3. The molecular formula is C23H21N3O4S. The van der Waals surface area contributed by atoms with E-state index in [1.54, 1.807) is 18.2 Å². The number of hydrogen-bond acceptors (Lipinski definition) is 6. The molecule has 4 rings (SSSR count). The van der Waals surface area contributed by atoms with E-state index >= 15 is 0 Å². The average Bonchev–Trinajstić information content (AvgIpc) is 3.25. The zero-order chi connectivity index (χ0) is 21.8. The molecule has 1 aliphatic heterocycles. The van der Waals surface area contributed by atoms with Crippen LogP contribution < -0.4 is 10.6 Å².